The van der Waals surface area contributed by atoms with Crippen LogP contribution < -0.4 is 5.32 Å². The van der Waals surface area contributed by atoms with Gasteiger partial charge in [0, 0.05) is 17.5 Å². The summed E-state index contributed by atoms with van der Waals surface area (Å²) in [5.41, 5.74) is -1.20. The monoisotopic (exact) mass is 312 g/mol. The molecular formula is C16H19F3N2O. The Bertz CT molecular complexity index is 662. The van der Waals surface area contributed by atoms with Crippen LogP contribution in [-0.2, 0) is 6.18 Å². The first kappa shape index (κ1) is 16.7. The number of hydrogen-bond donors (Lipinski definition) is 2. The first-order chi connectivity index (χ1) is 10.1. The first-order valence-corrected chi connectivity index (χ1v) is 6.98. The SMILES string of the molecule is CC(C)(C)NC[C@H](O)c1nc(C(F)(F)F)cc2ccccc12. The minimum Gasteiger partial charge on any atom is -0.385 e. The highest BCUT2D eigenvalue weighted by molar-refractivity contribution is 5.85. The molecule has 0 saturated heterocycles. The van der Waals surface area contributed by atoms with Gasteiger partial charge in [-0.25, -0.2) is 4.98 Å². The number of alkyl halides is 3. The van der Waals surface area contributed by atoms with Gasteiger partial charge in [0.2, 0.25) is 0 Å². The van der Waals surface area contributed by atoms with Crippen molar-refractivity contribution in [3.63, 3.8) is 0 Å². The Morgan fingerprint density at radius 2 is 1.82 bits per heavy atom. The highest BCUT2D eigenvalue weighted by Crippen LogP contribution is 2.32. The third kappa shape index (κ3) is 3.96. The zero-order valence-corrected chi connectivity index (χ0v) is 12.7. The zero-order chi connectivity index (χ0) is 16.5. The number of nitrogens with zero attached hydrogens (tertiary/aromatic N) is 1. The molecule has 0 fully saturated rings. The van der Waals surface area contributed by atoms with Gasteiger partial charge >= 0.3 is 6.18 Å². The number of pyridine rings is 1. The molecule has 2 N–H and O–H groups in total. The van der Waals surface area contributed by atoms with Crippen molar-refractivity contribution in [1.29, 1.82) is 0 Å². The topological polar surface area (TPSA) is 45.1 Å². The van der Waals surface area contributed by atoms with Gasteiger partial charge in [-0.1, -0.05) is 24.3 Å². The van der Waals surface area contributed by atoms with Crippen LogP contribution in [0.5, 0.6) is 0 Å². The molecule has 2 rings (SSSR count). The second kappa shape index (κ2) is 5.85. The summed E-state index contributed by atoms with van der Waals surface area (Å²) < 4.78 is 38.9. The summed E-state index contributed by atoms with van der Waals surface area (Å²) in [5.74, 6) is 0. The van der Waals surface area contributed by atoms with Crippen molar-refractivity contribution in [3.8, 4) is 0 Å². The molecule has 6 heteroatoms. The highest BCUT2D eigenvalue weighted by Gasteiger charge is 2.34. The number of aromatic nitrogens is 1. The van der Waals surface area contributed by atoms with Gasteiger partial charge in [0.15, 0.2) is 0 Å². The average molecular weight is 312 g/mol. The highest BCUT2D eigenvalue weighted by atomic mass is 19.4. The predicted octanol–water partition coefficient (Wildman–Crippen LogP) is 3.68. The van der Waals surface area contributed by atoms with Crippen LogP contribution >= 0.6 is 0 Å². The molecule has 1 heterocycles. The van der Waals surface area contributed by atoms with Gasteiger partial charge in [-0.2, -0.15) is 13.2 Å². The van der Waals surface area contributed by atoms with Crippen molar-refractivity contribution in [2.24, 2.45) is 0 Å². The van der Waals surface area contributed by atoms with E-state index in [4.69, 9.17) is 0 Å². The molecule has 0 amide bonds. The lowest BCUT2D eigenvalue weighted by Gasteiger charge is -2.23. The van der Waals surface area contributed by atoms with E-state index in [9.17, 15) is 18.3 Å². The summed E-state index contributed by atoms with van der Waals surface area (Å²) in [5, 5.41) is 14.3. The number of halogens is 3. The fourth-order valence-electron chi connectivity index (χ4n) is 2.12. The van der Waals surface area contributed by atoms with E-state index in [0.29, 0.717) is 10.8 Å². The molecule has 1 aromatic heterocycles. The van der Waals surface area contributed by atoms with Crippen molar-refractivity contribution in [2.75, 3.05) is 6.54 Å². The van der Waals surface area contributed by atoms with Crippen LogP contribution in [0.4, 0.5) is 13.2 Å². The zero-order valence-electron chi connectivity index (χ0n) is 12.7. The van der Waals surface area contributed by atoms with E-state index in [1.165, 1.54) is 0 Å². The summed E-state index contributed by atoms with van der Waals surface area (Å²) in [4.78, 5) is 3.66. The molecule has 1 atom stereocenters. The third-order valence-electron chi connectivity index (χ3n) is 3.20. The maximum absolute atomic E-state index is 13.0. The summed E-state index contributed by atoms with van der Waals surface area (Å²) in [6, 6.07) is 7.62. The molecule has 120 valence electrons. The average Bonchev–Trinajstić information content (AvgIpc) is 2.41. The Hall–Kier alpha value is -1.66. The molecule has 2 aromatic rings. The molecule has 0 bridgehead atoms. The molecular weight excluding hydrogens is 293 g/mol. The van der Waals surface area contributed by atoms with E-state index < -0.39 is 18.0 Å². The number of benzene rings is 1. The third-order valence-corrected chi connectivity index (χ3v) is 3.20. The van der Waals surface area contributed by atoms with Crippen LogP contribution in [0.1, 0.15) is 38.3 Å². The van der Waals surface area contributed by atoms with Crippen molar-refractivity contribution in [3.05, 3.63) is 41.7 Å². The van der Waals surface area contributed by atoms with Crippen LogP contribution in [0.25, 0.3) is 10.8 Å². The van der Waals surface area contributed by atoms with Crippen molar-refractivity contribution in [2.45, 2.75) is 38.6 Å². The summed E-state index contributed by atoms with van der Waals surface area (Å²) in [6.07, 6.45) is -5.66. The van der Waals surface area contributed by atoms with E-state index in [2.05, 4.69) is 10.3 Å². The van der Waals surface area contributed by atoms with Crippen molar-refractivity contribution in [1.82, 2.24) is 10.3 Å². The second-order valence-electron chi connectivity index (χ2n) is 6.26. The number of aliphatic hydroxyl groups is 1. The van der Waals surface area contributed by atoms with E-state index in [1.54, 1.807) is 24.3 Å². The predicted molar refractivity (Wildman–Crippen MR) is 79.5 cm³/mol. The van der Waals surface area contributed by atoms with E-state index in [-0.39, 0.29) is 17.8 Å². The summed E-state index contributed by atoms with van der Waals surface area (Å²) >= 11 is 0. The van der Waals surface area contributed by atoms with Crippen LogP contribution in [0.3, 0.4) is 0 Å². The lowest BCUT2D eigenvalue weighted by Crippen LogP contribution is -2.38. The van der Waals surface area contributed by atoms with Gasteiger partial charge in [-0.05, 0) is 32.2 Å². The molecule has 1 aromatic carbocycles. The molecule has 3 nitrogen and oxygen atoms in total. The van der Waals surface area contributed by atoms with E-state index in [0.717, 1.165) is 6.07 Å². The summed E-state index contributed by atoms with van der Waals surface area (Å²) in [6.45, 7) is 5.87. The minimum absolute atomic E-state index is 0.0437. The van der Waals surface area contributed by atoms with E-state index >= 15 is 0 Å². The van der Waals surface area contributed by atoms with Gasteiger partial charge in [0.05, 0.1) is 5.69 Å². The Labute approximate surface area is 127 Å². The van der Waals surface area contributed by atoms with Crippen molar-refractivity contribution < 1.29 is 18.3 Å². The molecule has 0 unspecified atom stereocenters. The van der Waals surface area contributed by atoms with Gasteiger partial charge in [-0.3, -0.25) is 0 Å². The maximum Gasteiger partial charge on any atom is 0.433 e. The van der Waals surface area contributed by atoms with Crippen LogP contribution in [0, 0.1) is 0 Å². The van der Waals surface area contributed by atoms with Crippen LogP contribution in [0.15, 0.2) is 30.3 Å². The van der Waals surface area contributed by atoms with Gasteiger partial charge in [-0.15, -0.1) is 0 Å². The number of aliphatic hydroxyl groups excluding tert-OH is 1. The van der Waals surface area contributed by atoms with Crippen LogP contribution in [0.2, 0.25) is 0 Å². The number of β-amino-alcohol motifs (C(OH)–C–C–N with tert-alkyl or cyclic N) is 1. The Kier molecular flexibility index (Phi) is 4.44. The van der Waals surface area contributed by atoms with Gasteiger partial charge < -0.3 is 10.4 Å². The Morgan fingerprint density at radius 3 is 2.41 bits per heavy atom. The molecule has 0 radical (unpaired) electrons. The molecule has 22 heavy (non-hydrogen) atoms. The number of fused-ring (bicyclic) bond motifs is 1. The largest absolute Gasteiger partial charge is 0.433 e. The lowest BCUT2D eigenvalue weighted by atomic mass is 10.0. The number of nitrogens with one attached hydrogen (secondary N) is 1. The second-order valence-corrected chi connectivity index (χ2v) is 6.26. The fourth-order valence-corrected chi connectivity index (χ4v) is 2.12. The lowest BCUT2D eigenvalue weighted by molar-refractivity contribution is -0.141. The smallest absolute Gasteiger partial charge is 0.385 e. The molecule has 0 aliphatic rings. The van der Waals surface area contributed by atoms with Gasteiger partial charge in [0.1, 0.15) is 11.8 Å². The quantitative estimate of drug-likeness (QED) is 0.909. The normalized spacial score (nSPS) is 14.3. The van der Waals surface area contributed by atoms with Gasteiger partial charge in [0.25, 0.3) is 0 Å². The Morgan fingerprint density at radius 1 is 1.18 bits per heavy atom. The molecule has 0 spiro atoms. The molecule has 0 aliphatic heterocycles. The maximum atomic E-state index is 13.0. The fraction of sp³-hybridized carbons (Fsp3) is 0.438. The standard InChI is InChI=1S/C16H19F3N2O/c1-15(2,3)20-9-12(22)14-11-7-5-4-6-10(11)8-13(21-14)16(17,18)19/h4-8,12,20,22H,9H2,1-3H3/t12-/m0/s1. The minimum atomic E-state index is -4.55. The number of rotatable bonds is 3. The first-order valence-electron chi connectivity index (χ1n) is 6.98. The van der Waals surface area contributed by atoms with Crippen molar-refractivity contribution >= 4 is 10.8 Å². The molecule has 0 aliphatic carbocycles. The van der Waals surface area contributed by atoms with E-state index in [1.807, 2.05) is 20.8 Å². The summed E-state index contributed by atoms with van der Waals surface area (Å²) in [7, 11) is 0. The molecule has 0 saturated carbocycles. The number of hydrogen-bond acceptors (Lipinski definition) is 3. The Balaban J connectivity index is 2.46. The van der Waals surface area contributed by atoms with Crippen LogP contribution in [-0.4, -0.2) is 22.2 Å².